The van der Waals surface area contributed by atoms with Crippen molar-refractivity contribution in [2.75, 3.05) is 0 Å². The van der Waals surface area contributed by atoms with Gasteiger partial charge in [-0.15, -0.1) is 12.4 Å². The number of hydrogen-bond acceptors (Lipinski definition) is 2. The molecular weight excluding hydrogens is 308 g/mol. The van der Waals surface area contributed by atoms with Crippen molar-refractivity contribution in [1.82, 2.24) is 10.6 Å². The topological polar surface area (TPSA) is 41.1 Å². The SMILES string of the molecule is CC(C)c1ccc(CNC(=O)c2ccc3c(c2)CNC3)cc1.Cl. The van der Waals surface area contributed by atoms with Crippen LogP contribution in [0.2, 0.25) is 0 Å². The molecule has 3 rings (SSSR count). The van der Waals surface area contributed by atoms with Crippen molar-refractivity contribution in [3.63, 3.8) is 0 Å². The largest absolute Gasteiger partial charge is 0.348 e. The lowest BCUT2D eigenvalue weighted by Gasteiger charge is -2.09. The van der Waals surface area contributed by atoms with Gasteiger partial charge in [-0.3, -0.25) is 4.79 Å². The summed E-state index contributed by atoms with van der Waals surface area (Å²) < 4.78 is 0. The summed E-state index contributed by atoms with van der Waals surface area (Å²) in [6.45, 7) is 6.68. The second-order valence-corrected chi connectivity index (χ2v) is 6.17. The van der Waals surface area contributed by atoms with E-state index in [1.54, 1.807) is 0 Å². The standard InChI is InChI=1S/C19H22N2O.ClH/c1-13(2)15-5-3-14(4-6-15)10-21-19(22)16-7-8-17-11-20-12-18(17)9-16;/h3-9,13,20H,10-12H2,1-2H3,(H,21,22);1H. The molecule has 4 heteroatoms. The molecule has 23 heavy (non-hydrogen) atoms. The van der Waals surface area contributed by atoms with Gasteiger partial charge in [-0.1, -0.05) is 44.2 Å². The van der Waals surface area contributed by atoms with E-state index in [9.17, 15) is 4.79 Å². The van der Waals surface area contributed by atoms with Crippen molar-refractivity contribution >= 4 is 18.3 Å². The Labute approximate surface area is 143 Å². The molecule has 0 aliphatic carbocycles. The molecule has 0 unspecified atom stereocenters. The van der Waals surface area contributed by atoms with E-state index in [0.717, 1.165) is 24.2 Å². The number of carbonyl (C=O) groups is 1. The molecule has 122 valence electrons. The lowest BCUT2D eigenvalue weighted by atomic mass is 10.0. The maximum absolute atomic E-state index is 12.3. The normalized spacial score (nSPS) is 12.7. The van der Waals surface area contributed by atoms with Gasteiger partial charge in [0.05, 0.1) is 0 Å². The Bertz CT molecular complexity index is 680. The van der Waals surface area contributed by atoms with E-state index >= 15 is 0 Å². The summed E-state index contributed by atoms with van der Waals surface area (Å²) in [5.41, 5.74) is 5.71. The van der Waals surface area contributed by atoms with Crippen LogP contribution in [-0.4, -0.2) is 5.91 Å². The van der Waals surface area contributed by atoms with Crippen LogP contribution in [0.3, 0.4) is 0 Å². The fraction of sp³-hybridized carbons (Fsp3) is 0.316. The second-order valence-electron chi connectivity index (χ2n) is 6.17. The molecule has 1 amide bonds. The third-order valence-electron chi connectivity index (χ3n) is 4.20. The lowest BCUT2D eigenvalue weighted by molar-refractivity contribution is 0.0951. The number of benzene rings is 2. The van der Waals surface area contributed by atoms with Crippen molar-refractivity contribution in [2.24, 2.45) is 0 Å². The first kappa shape index (κ1) is 17.5. The zero-order valence-corrected chi connectivity index (χ0v) is 14.4. The molecule has 1 heterocycles. The van der Waals surface area contributed by atoms with Crippen LogP contribution in [0, 0.1) is 0 Å². The van der Waals surface area contributed by atoms with Crippen molar-refractivity contribution < 1.29 is 4.79 Å². The van der Waals surface area contributed by atoms with Gasteiger partial charge in [0.25, 0.3) is 5.91 Å². The number of amides is 1. The summed E-state index contributed by atoms with van der Waals surface area (Å²) in [5, 5.41) is 6.29. The van der Waals surface area contributed by atoms with Crippen LogP contribution in [0.1, 0.15) is 52.4 Å². The average molecular weight is 331 g/mol. The third-order valence-corrected chi connectivity index (χ3v) is 4.20. The maximum atomic E-state index is 12.3. The minimum absolute atomic E-state index is 0. The molecule has 2 aromatic rings. The molecule has 2 N–H and O–H groups in total. The molecule has 0 atom stereocenters. The van der Waals surface area contributed by atoms with Gasteiger partial charge in [-0.2, -0.15) is 0 Å². The molecule has 2 aromatic carbocycles. The van der Waals surface area contributed by atoms with Gasteiger partial charge in [-0.25, -0.2) is 0 Å². The Morgan fingerprint density at radius 3 is 2.48 bits per heavy atom. The van der Waals surface area contributed by atoms with Crippen molar-refractivity contribution in [3.05, 3.63) is 70.3 Å². The van der Waals surface area contributed by atoms with E-state index in [1.807, 2.05) is 18.2 Å². The number of nitrogens with one attached hydrogen (secondary N) is 2. The first-order valence-electron chi connectivity index (χ1n) is 7.83. The van der Waals surface area contributed by atoms with Gasteiger partial charge in [0.15, 0.2) is 0 Å². The van der Waals surface area contributed by atoms with Crippen LogP contribution in [0.15, 0.2) is 42.5 Å². The molecule has 0 bridgehead atoms. The molecule has 0 saturated heterocycles. The Balaban J connectivity index is 0.00000192. The minimum Gasteiger partial charge on any atom is -0.348 e. The summed E-state index contributed by atoms with van der Waals surface area (Å²) in [4.78, 5) is 12.3. The van der Waals surface area contributed by atoms with Crippen LogP contribution in [0.5, 0.6) is 0 Å². The highest BCUT2D eigenvalue weighted by Crippen LogP contribution is 2.17. The van der Waals surface area contributed by atoms with E-state index in [4.69, 9.17) is 0 Å². The van der Waals surface area contributed by atoms with Gasteiger partial charge >= 0.3 is 0 Å². The van der Waals surface area contributed by atoms with Crippen LogP contribution < -0.4 is 10.6 Å². The second kappa shape index (κ2) is 7.62. The molecule has 0 aromatic heterocycles. The predicted octanol–water partition coefficient (Wildman–Crippen LogP) is 3.77. The summed E-state index contributed by atoms with van der Waals surface area (Å²) >= 11 is 0. The lowest BCUT2D eigenvalue weighted by Crippen LogP contribution is -2.22. The summed E-state index contributed by atoms with van der Waals surface area (Å²) in [6, 6.07) is 14.4. The van der Waals surface area contributed by atoms with Gasteiger partial charge in [0.1, 0.15) is 0 Å². The van der Waals surface area contributed by atoms with Crippen LogP contribution in [0.25, 0.3) is 0 Å². The highest BCUT2D eigenvalue weighted by Gasteiger charge is 2.13. The van der Waals surface area contributed by atoms with Gasteiger partial charge in [0, 0.05) is 25.2 Å². The number of carbonyl (C=O) groups excluding carboxylic acids is 1. The highest BCUT2D eigenvalue weighted by atomic mass is 35.5. The summed E-state index contributed by atoms with van der Waals surface area (Å²) in [6.07, 6.45) is 0. The van der Waals surface area contributed by atoms with Crippen LogP contribution in [-0.2, 0) is 19.6 Å². The first-order chi connectivity index (χ1) is 10.6. The van der Waals surface area contributed by atoms with Crippen molar-refractivity contribution in [3.8, 4) is 0 Å². The summed E-state index contributed by atoms with van der Waals surface area (Å²) in [5.74, 6) is 0.520. The molecule has 0 spiro atoms. The van der Waals surface area contributed by atoms with Crippen LogP contribution >= 0.6 is 12.4 Å². The minimum atomic E-state index is -0.0114. The zero-order valence-electron chi connectivity index (χ0n) is 13.6. The molecule has 0 fully saturated rings. The van der Waals surface area contributed by atoms with Crippen molar-refractivity contribution in [1.29, 1.82) is 0 Å². The molecule has 1 aliphatic rings. The Kier molecular flexibility index (Phi) is 5.80. The Morgan fingerprint density at radius 2 is 1.78 bits per heavy atom. The van der Waals surface area contributed by atoms with Gasteiger partial charge in [-0.05, 0) is 40.3 Å². The number of fused-ring (bicyclic) bond motifs is 1. The fourth-order valence-electron chi connectivity index (χ4n) is 2.74. The molecule has 1 aliphatic heterocycles. The number of halogens is 1. The van der Waals surface area contributed by atoms with E-state index in [0.29, 0.717) is 12.5 Å². The van der Waals surface area contributed by atoms with Gasteiger partial charge in [0.2, 0.25) is 0 Å². The Morgan fingerprint density at radius 1 is 1.09 bits per heavy atom. The number of hydrogen-bond donors (Lipinski definition) is 2. The summed E-state index contributed by atoms with van der Waals surface area (Å²) in [7, 11) is 0. The average Bonchev–Trinajstić information content (AvgIpc) is 3.00. The quantitative estimate of drug-likeness (QED) is 0.896. The monoisotopic (exact) mass is 330 g/mol. The van der Waals surface area contributed by atoms with Crippen LogP contribution in [0.4, 0.5) is 0 Å². The third kappa shape index (κ3) is 4.12. The van der Waals surface area contributed by atoms with E-state index in [1.165, 1.54) is 16.7 Å². The zero-order chi connectivity index (χ0) is 15.5. The Hall–Kier alpha value is -1.84. The first-order valence-corrected chi connectivity index (χ1v) is 7.83. The van der Waals surface area contributed by atoms with E-state index in [2.05, 4.69) is 48.7 Å². The van der Waals surface area contributed by atoms with E-state index in [-0.39, 0.29) is 18.3 Å². The molecule has 3 nitrogen and oxygen atoms in total. The maximum Gasteiger partial charge on any atom is 0.251 e. The highest BCUT2D eigenvalue weighted by molar-refractivity contribution is 5.94. The molecule has 0 radical (unpaired) electrons. The van der Waals surface area contributed by atoms with Gasteiger partial charge < -0.3 is 10.6 Å². The van der Waals surface area contributed by atoms with E-state index < -0.39 is 0 Å². The fourth-order valence-corrected chi connectivity index (χ4v) is 2.74. The van der Waals surface area contributed by atoms with Crippen molar-refractivity contribution in [2.45, 2.75) is 39.4 Å². The number of rotatable bonds is 4. The smallest absolute Gasteiger partial charge is 0.251 e. The molecule has 0 saturated carbocycles. The molecular formula is C19H23ClN2O. The predicted molar refractivity (Wildman–Crippen MR) is 95.9 cm³/mol.